The molecule has 0 saturated carbocycles. The zero-order chi connectivity index (χ0) is 15.0. The van der Waals surface area contributed by atoms with Crippen LogP contribution in [-0.2, 0) is 6.54 Å². The molecule has 0 amide bonds. The number of hydrogen-bond donors (Lipinski definition) is 1. The highest BCUT2D eigenvalue weighted by atomic mass is 32.2. The molecule has 0 unspecified atom stereocenters. The first-order valence-corrected chi connectivity index (χ1v) is 7.97. The van der Waals surface area contributed by atoms with Gasteiger partial charge in [-0.3, -0.25) is 0 Å². The summed E-state index contributed by atoms with van der Waals surface area (Å²) >= 11 is 1.65. The number of aromatic nitrogens is 4. The molecule has 1 aromatic rings. The molecule has 0 saturated heterocycles. The maximum atomic E-state index is 8.96. The second kappa shape index (κ2) is 8.22. The first kappa shape index (κ1) is 16.9. The minimum atomic E-state index is -0.242. The minimum absolute atomic E-state index is 0.242. The Kier molecular flexibility index (Phi) is 6.96. The molecule has 7 heteroatoms. The van der Waals surface area contributed by atoms with Gasteiger partial charge in [0.15, 0.2) is 0 Å². The molecule has 0 aromatic carbocycles. The summed E-state index contributed by atoms with van der Waals surface area (Å²) in [4.78, 5) is 0. The molecule has 20 heavy (non-hydrogen) atoms. The Morgan fingerprint density at radius 1 is 1.45 bits per heavy atom. The number of thioether (sulfide) groups is 1. The fourth-order valence-electron chi connectivity index (χ4n) is 1.63. The van der Waals surface area contributed by atoms with E-state index < -0.39 is 0 Å². The summed E-state index contributed by atoms with van der Waals surface area (Å²) in [6, 6.07) is 2.79. The zero-order valence-corrected chi connectivity index (χ0v) is 13.6. The number of nitrogens with one attached hydrogen (secondary N) is 1. The van der Waals surface area contributed by atoms with Crippen molar-refractivity contribution in [2.75, 3.05) is 12.3 Å². The van der Waals surface area contributed by atoms with Crippen LogP contribution in [0.2, 0.25) is 0 Å². The summed E-state index contributed by atoms with van der Waals surface area (Å²) in [6.45, 7) is 9.81. The average Bonchev–Trinajstić information content (AvgIpc) is 2.82. The van der Waals surface area contributed by atoms with E-state index in [0.29, 0.717) is 6.04 Å². The largest absolute Gasteiger partial charge is 0.313 e. The lowest BCUT2D eigenvalue weighted by molar-refractivity contribution is 0.447. The summed E-state index contributed by atoms with van der Waals surface area (Å²) in [6.07, 6.45) is 1.88. The van der Waals surface area contributed by atoms with E-state index in [4.69, 9.17) is 5.26 Å². The molecule has 0 aliphatic carbocycles. The number of nitrogens with zero attached hydrogens (tertiary/aromatic N) is 5. The summed E-state index contributed by atoms with van der Waals surface area (Å²) in [5.74, 6) is 0.934. The van der Waals surface area contributed by atoms with Crippen LogP contribution >= 0.6 is 11.8 Å². The van der Waals surface area contributed by atoms with Crippen molar-refractivity contribution in [2.45, 2.75) is 58.3 Å². The molecule has 0 radical (unpaired) electrons. The molecule has 1 aromatic heterocycles. The predicted octanol–water partition coefficient (Wildman–Crippen LogP) is 2.09. The molecular weight excluding hydrogens is 272 g/mol. The highest BCUT2D eigenvalue weighted by Crippen LogP contribution is 2.23. The molecule has 0 spiro atoms. The van der Waals surface area contributed by atoms with Crippen molar-refractivity contribution >= 4 is 11.8 Å². The second-order valence-electron chi connectivity index (χ2n) is 5.74. The van der Waals surface area contributed by atoms with Crippen molar-refractivity contribution in [1.29, 1.82) is 5.26 Å². The monoisotopic (exact) mass is 296 g/mol. The third kappa shape index (κ3) is 6.35. The van der Waals surface area contributed by atoms with Crippen molar-refractivity contribution in [3.8, 4) is 6.07 Å². The van der Waals surface area contributed by atoms with Gasteiger partial charge < -0.3 is 5.32 Å². The summed E-state index contributed by atoms with van der Waals surface area (Å²) < 4.78 is 1.83. The van der Waals surface area contributed by atoms with Crippen LogP contribution in [0.1, 0.15) is 40.5 Å². The van der Waals surface area contributed by atoms with E-state index in [9.17, 15) is 0 Å². The molecule has 0 aliphatic heterocycles. The van der Waals surface area contributed by atoms with Crippen LogP contribution in [0.15, 0.2) is 5.16 Å². The fraction of sp³-hybridized carbons (Fsp3) is 0.846. The van der Waals surface area contributed by atoms with E-state index in [2.05, 4.69) is 40.8 Å². The van der Waals surface area contributed by atoms with Crippen LogP contribution in [0.5, 0.6) is 0 Å². The van der Waals surface area contributed by atoms with E-state index in [-0.39, 0.29) is 5.41 Å². The van der Waals surface area contributed by atoms with Gasteiger partial charge in [0, 0.05) is 18.3 Å². The number of nitriles is 1. The number of hydrogen-bond acceptors (Lipinski definition) is 6. The maximum absolute atomic E-state index is 8.96. The van der Waals surface area contributed by atoms with Gasteiger partial charge in [-0.05, 0) is 37.1 Å². The highest BCUT2D eigenvalue weighted by Gasteiger charge is 2.16. The van der Waals surface area contributed by atoms with Gasteiger partial charge in [-0.15, -0.1) is 5.10 Å². The number of tetrazole rings is 1. The van der Waals surface area contributed by atoms with Crippen LogP contribution in [0, 0.1) is 16.7 Å². The summed E-state index contributed by atoms with van der Waals surface area (Å²) in [7, 11) is 0. The topological polar surface area (TPSA) is 79.4 Å². The minimum Gasteiger partial charge on any atom is -0.313 e. The smallest absolute Gasteiger partial charge is 0.209 e. The van der Waals surface area contributed by atoms with Crippen molar-refractivity contribution < 1.29 is 0 Å². The molecule has 112 valence electrons. The lowest BCUT2D eigenvalue weighted by atomic mass is 9.90. The van der Waals surface area contributed by atoms with Crippen molar-refractivity contribution in [3.05, 3.63) is 0 Å². The van der Waals surface area contributed by atoms with Gasteiger partial charge in [0.25, 0.3) is 0 Å². The van der Waals surface area contributed by atoms with Gasteiger partial charge >= 0.3 is 0 Å². The van der Waals surface area contributed by atoms with Crippen LogP contribution in [0.3, 0.4) is 0 Å². The van der Waals surface area contributed by atoms with Crippen LogP contribution in [0.25, 0.3) is 0 Å². The van der Waals surface area contributed by atoms with E-state index in [1.807, 2.05) is 18.5 Å². The van der Waals surface area contributed by atoms with Crippen molar-refractivity contribution in [1.82, 2.24) is 25.5 Å². The quantitative estimate of drug-likeness (QED) is 0.555. The van der Waals surface area contributed by atoms with Crippen LogP contribution in [-0.4, -0.2) is 38.5 Å². The van der Waals surface area contributed by atoms with Gasteiger partial charge in [0.1, 0.15) is 0 Å². The molecule has 0 bridgehead atoms. The molecule has 0 aliphatic rings. The lowest BCUT2D eigenvalue weighted by Crippen LogP contribution is -2.27. The van der Waals surface area contributed by atoms with Gasteiger partial charge in [0.05, 0.1) is 18.0 Å². The standard InChI is InChI=1S/C13H24N6S/c1-11(2)15-7-8-19-12(16-17-18-19)20-9-5-6-13(3,4)10-14/h11,15H,5-9H2,1-4H3. The highest BCUT2D eigenvalue weighted by molar-refractivity contribution is 7.99. The average molecular weight is 296 g/mol. The Morgan fingerprint density at radius 2 is 2.20 bits per heavy atom. The molecule has 1 N–H and O–H groups in total. The summed E-state index contributed by atoms with van der Waals surface area (Å²) in [5, 5.41) is 24.9. The van der Waals surface area contributed by atoms with E-state index in [1.54, 1.807) is 11.8 Å². The van der Waals surface area contributed by atoms with E-state index >= 15 is 0 Å². The molecule has 1 heterocycles. The first-order chi connectivity index (χ1) is 9.44. The summed E-state index contributed by atoms with van der Waals surface area (Å²) in [5.41, 5.74) is -0.242. The predicted molar refractivity (Wildman–Crippen MR) is 80.3 cm³/mol. The lowest BCUT2D eigenvalue weighted by Gasteiger charge is -2.13. The molecule has 0 fully saturated rings. The third-order valence-electron chi connectivity index (χ3n) is 2.86. The van der Waals surface area contributed by atoms with Gasteiger partial charge in [0.2, 0.25) is 5.16 Å². The normalized spacial score (nSPS) is 11.8. The van der Waals surface area contributed by atoms with Gasteiger partial charge in [-0.1, -0.05) is 25.6 Å². The Hall–Kier alpha value is -1.13. The Morgan fingerprint density at radius 3 is 2.85 bits per heavy atom. The molecule has 6 nitrogen and oxygen atoms in total. The van der Waals surface area contributed by atoms with Gasteiger partial charge in [-0.25, -0.2) is 4.68 Å². The molecular formula is C13H24N6S. The first-order valence-electron chi connectivity index (χ1n) is 6.98. The van der Waals surface area contributed by atoms with Crippen molar-refractivity contribution in [2.24, 2.45) is 5.41 Å². The Labute approximate surface area is 125 Å². The van der Waals surface area contributed by atoms with E-state index in [1.165, 1.54) is 0 Å². The second-order valence-corrected chi connectivity index (χ2v) is 6.80. The fourth-order valence-corrected chi connectivity index (χ4v) is 2.48. The SMILES string of the molecule is CC(C)NCCn1nnnc1SCCCC(C)(C)C#N. The molecule has 1 rings (SSSR count). The maximum Gasteiger partial charge on any atom is 0.209 e. The number of rotatable bonds is 9. The van der Waals surface area contributed by atoms with Crippen LogP contribution < -0.4 is 5.32 Å². The van der Waals surface area contributed by atoms with Crippen LogP contribution in [0.4, 0.5) is 0 Å². The third-order valence-corrected chi connectivity index (χ3v) is 3.90. The van der Waals surface area contributed by atoms with Gasteiger partial charge in [-0.2, -0.15) is 5.26 Å². The Balaban J connectivity index is 2.31. The Bertz CT molecular complexity index is 434. The zero-order valence-electron chi connectivity index (χ0n) is 12.8. The van der Waals surface area contributed by atoms with E-state index in [0.717, 1.165) is 36.8 Å². The molecule has 0 atom stereocenters. The van der Waals surface area contributed by atoms with Crippen molar-refractivity contribution in [3.63, 3.8) is 0 Å².